The number of halogens is 1. The fraction of sp³-hybridized carbons (Fsp3) is 0. The average Bonchev–Trinajstić information content (AvgIpc) is 2.64. The van der Waals surface area contributed by atoms with E-state index >= 15 is 0 Å². The Kier molecular flexibility index (Phi) is 5.25. The lowest BCUT2D eigenvalue weighted by Gasteiger charge is -2.11. The summed E-state index contributed by atoms with van der Waals surface area (Å²) in [6, 6.07) is 21.3. The van der Waals surface area contributed by atoms with Crippen molar-refractivity contribution >= 4 is 38.9 Å². The molecular weight excluding hydrogens is 372 g/mol. The van der Waals surface area contributed by atoms with Crippen molar-refractivity contribution in [3.63, 3.8) is 0 Å². The van der Waals surface area contributed by atoms with Crippen LogP contribution in [0.5, 0.6) is 0 Å². The molecule has 0 spiro atoms. The van der Waals surface area contributed by atoms with Crippen molar-refractivity contribution in [3.05, 3.63) is 89.4 Å². The number of para-hydroxylation sites is 1. The lowest BCUT2D eigenvalue weighted by atomic mass is 10.2. The Bertz CT molecular complexity index is 1020. The smallest absolute Gasteiger partial charge is 0.261 e. The molecule has 1 amide bonds. The molecule has 0 aliphatic heterocycles. The molecule has 3 aromatic rings. The molecular formula is C19H15ClN2O3S. The van der Waals surface area contributed by atoms with Crippen molar-refractivity contribution in [2.75, 3.05) is 10.0 Å². The van der Waals surface area contributed by atoms with E-state index in [0.29, 0.717) is 5.69 Å². The summed E-state index contributed by atoms with van der Waals surface area (Å²) in [6.07, 6.45) is 0. The summed E-state index contributed by atoms with van der Waals surface area (Å²) in [6.45, 7) is 0. The van der Waals surface area contributed by atoms with Crippen LogP contribution in [-0.4, -0.2) is 14.3 Å². The number of sulfonamides is 1. The highest BCUT2D eigenvalue weighted by molar-refractivity contribution is 7.92. The van der Waals surface area contributed by atoms with Crippen LogP contribution in [-0.2, 0) is 10.0 Å². The van der Waals surface area contributed by atoms with Crippen LogP contribution in [0.3, 0.4) is 0 Å². The van der Waals surface area contributed by atoms with Gasteiger partial charge in [0.2, 0.25) is 0 Å². The van der Waals surface area contributed by atoms with Crippen LogP contribution < -0.4 is 10.0 Å². The maximum absolute atomic E-state index is 12.4. The minimum atomic E-state index is -3.75. The highest BCUT2D eigenvalue weighted by Crippen LogP contribution is 2.24. The quantitative estimate of drug-likeness (QED) is 0.682. The Labute approximate surface area is 156 Å². The molecule has 132 valence electrons. The van der Waals surface area contributed by atoms with Gasteiger partial charge in [0, 0.05) is 11.4 Å². The Balaban J connectivity index is 1.85. The van der Waals surface area contributed by atoms with E-state index in [1.807, 2.05) is 6.07 Å². The van der Waals surface area contributed by atoms with Gasteiger partial charge in [0.05, 0.1) is 15.5 Å². The molecule has 0 unspecified atom stereocenters. The van der Waals surface area contributed by atoms with E-state index in [9.17, 15) is 13.2 Å². The molecule has 3 aromatic carbocycles. The Morgan fingerprint density at radius 3 is 2.08 bits per heavy atom. The van der Waals surface area contributed by atoms with E-state index in [1.54, 1.807) is 42.5 Å². The second kappa shape index (κ2) is 7.59. The van der Waals surface area contributed by atoms with Crippen LogP contribution in [0.25, 0.3) is 0 Å². The van der Waals surface area contributed by atoms with Gasteiger partial charge in [0.1, 0.15) is 0 Å². The number of anilines is 2. The number of benzene rings is 3. The highest BCUT2D eigenvalue weighted by atomic mass is 35.5. The normalized spacial score (nSPS) is 11.0. The molecule has 7 heteroatoms. The molecule has 0 bridgehead atoms. The first-order chi connectivity index (χ1) is 12.5. The maximum Gasteiger partial charge on any atom is 0.261 e. The van der Waals surface area contributed by atoms with Gasteiger partial charge >= 0.3 is 0 Å². The van der Waals surface area contributed by atoms with Crippen molar-refractivity contribution < 1.29 is 13.2 Å². The van der Waals surface area contributed by atoms with E-state index < -0.39 is 15.9 Å². The van der Waals surface area contributed by atoms with Gasteiger partial charge in [-0.2, -0.15) is 0 Å². The van der Waals surface area contributed by atoms with Crippen LogP contribution in [0.4, 0.5) is 11.4 Å². The summed E-state index contributed by atoms with van der Waals surface area (Å²) < 4.78 is 27.3. The molecule has 0 saturated heterocycles. The number of hydrogen-bond acceptors (Lipinski definition) is 3. The van der Waals surface area contributed by atoms with E-state index in [4.69, 9.17) is 11.6 Å². The lowest BCUT2D eigenvalue weighted by molar-refractivity contribution is 0.102. The van der Waals surface area contributed by atoms with Gasteiger partial charge in [-0.3, -0.25) is 9.52 Å². The third kappa shape index (κ3) is 4.22. The first-order valence-corrected chi connectivity index (χ1v) is 9.56. The standard InChI is InChI=1S/C19H15ClN2O3S/c20-18-12-11-15(22-26(24,25)16-9-5-2-6-10-16)13-17(18)19(23)21-14-7-3-1-4-8-14/h1-13,22H,(H,21,23). The third-order valence-corrected chi connectivity index (χ3v) is 5.28. The van der Waals surface area contributed by atoms with Crippen LogP contribution in [0.1, 0.15) is 10.4 Å². The zero-order chi connectivity index (χ0) is 18.6. The molecule has 0 atom stereocenters. The molecule has 3 rings (SSSR count). The molecule has 0 aliphatic carbocycles. The van der Waals surface area contributed by atoms with Crippen molar-refractivity contribution in [1.82, 2.24) is 0 Å². The van der Waals surface area contributed by atoms with Gasteiger partial charge in [0.15, 0.2) is 0 Å². The number of hydrogen-bond donors (Lipinski definition) is 2. The fourth-order valence-electron chi connectivity index (χ4n) is 2.30. The molecule has 0 aromatic heterocycles. The van der Waals surface area contributed by atoms with Crippen molar-refractivity contribution in [3.8, 4) is 0 Å². The van der Waals surface area contributed by atoms with Crippen molar-refractivity contribution in [2.45, 2.75) is 4.90 Å². The lowest BCUT2D eigenvalue weighted by Crippen LogP contribution is -2.15. The van der Waals surface area contributed by atoms with Crippen LogP contribution in [0, 0.1) is 0 Å². The molecule has 26 heavy (non-hydrogen) atoms. The van der Waals surface area contributed by atoms with Gasteiger partial charge in [-0.25, -0.2) is 8.42 Å². The zero-order valence-corrected chi connectivity index (χ0v) is 15.1. The van der Waals surface area contributed by atoms with Gasteiger partial charge in [-0.15, -0.1) is 0 Å². The molecule has 0 aliphatic rings. The van der Waals surface area contributed by atoms with E-state index in [0.717, 1.165) is 0 Å². The summed E-state index contributed by atoms with van der Waals surface area (Å²) in [5, 5.41) is 2.94. The van der Waals surface area contributed by atoms with Crippen molar-refractivity contribution in [1.29, 1.82) is 0 Å². The molecule has 0 saturated carbocycles. The predicted molar refractivity (Wildman–Crippen MR) is 103 cm³/mol. The zero-order valence-electron chi connectivity index (χ0n) is 13.5. The predicted octanol–water partition coefficient (Wildman–Crippen LogP) is 4.39. The first-order valence-electron chi connectivity index (χ1n) is 7.69. The SMILES string of the molecule is O=C(Nc1ccccc1)c1cc(NS(=O)(=O)c2ccccc2)ccc1Cl. The summed E-state index contributed by atoms with van der Waals surface area (Å²) >= 11 is 6.11. The summed E-state index contributed by atoms with van der Waals surface area (Å²) in [5.41, 5.74) is 1.03. The highest BCUT2D eigenvalue weighted by Gasteiger charge is 2.16. The number of carbonyl (C=O) groups excluding carboxylic acids is 1. The first kappa shape index (κ1) is 18.0. The molecule has 2 N–H and O–H groups in total. The van der Waals surface area contributed by atoms with Gasteiger partial charge in [-0.1, -0.05) is 48.0 Å². The van der Waals surface area contributed by atoms with Crippen molar-refractivity contribution in [2.24, 2.45) is 0 Å². The Morgan fingerprint density at radius 2 is 1.42 bits per heavy atom. The number of carbonyl (C=O) groups is 1. The molecule has 0 radical (unpaired) electrons. The second-order valence-corrected chi connectivity index (χ2v) is 7.52. The van der Waals surface area contributed by atoms with Crippen LogP contribution in [0.15, 0.2) is 83.8 Å². The van der Waals surface area contributed by atoms with E-state index in [1.165, 1.54) is 30.3 Å². The largest absolute Gasteiger partial charge is 0.322 e. The van der Waals surface area contributed by atoms with Gasteiger partial charge in [-0.05, 0) is 42.5 Å². The summed E-state index contributed by atoms with van der Waals surface area (Å²) in [5.74, 6) is -0.429. The number of rotatable bonds is 5. The van der Waals surface area contributed by atoms with Gasteiger partial charge in [0.25, 0.3) is 15.9 Å². The summed E-state index contributed by atoms with van der Waals surface area (Å²) in [7, 11) is -3.75. The minimum Gasteiger partial charge on any atom is -0.322 e. The summed E-state index contributed by atoms with van der Waals surface area (Å²) in [4.78, 5) is 12.6. The van der Waals surface area contributed by atoms with Gasteiger partial charge < -0.3 is 5.32 Å². The van der Waals surface area contributed by atoms with E-state index in [2.05, 4.69) is 10.0 Å². The number of amides is 1. The molecule has 0 fully saturated rings. The average molecular weight is 387 g/mol. The topological polar surface area (TPSA) is 75.3 Å². The monoisotopic (exact) mass is 386 g/mol. The Morgan fingerprint density at radius 1 is 0.808 bits per heavy atom. The second-order valence-electron chi connectivity index (χ2n) is 5.43. The maximum atomic E-state index is 12.4. The molecule has 5 nitrogen and oxygen atoms in total. The van der Waals surface area contributed by atoms with Crippen LogP contribution in [0.2, 0.25) is 5.02 Å². The minimum absolute atomic E-state index is 0.130. The Hall–Kier alpha value is -2.83. The van der Waals surface area contributed by atoms with Crippen LogP contribution >= 0.6 is 11.6 Å². The van der Waals surface area contributed by atoms with E-state index in [-0.39, 0.29) is 21.2 Å². The number of nitrogens with one attached hydrogen (secondary N) is 2. The third-order valence-electron chi connectivity index (χ3n) is 3.55. The fourth-order valence-corrected chi connectivity index (χ4v) is 3.57. The molecule has 0 heterocycles.